The molecule has 0 aromatic heterocycles. The highest BCUT2D eigenvalue weighted by Crippen LogP contribution is 2.33. The van der Waals surface area contributed by atoms with Crippen molar-refractivity contribution in [2.24, 2.45) is 11.8 Å². The number of carbonyl (C=O) groups is 2. The highest BCUT2D eigenvalue weighted by atomic mass is 19.4. The first-order valence-corrected chi connectivity index (χ1v) is 10.3. The lowest BCUT2D eigenvalue weighted by atomic mass is 9.87. The van der Waals surface area contributed by atoms with Crippen LogP contribution >= 0.6 is 0 Å². The fourth-order valence-corrected chi connectivity index (χ4v) is 4.26. The highest BCUT2D eigenvalue weighted by molar-refractivity contribution is 5.79. The Morgan fingerprint density at radius 3 is 2.31 bits per heavy atom. The lowest BCUT2D eigenvalue weighted by Crippen LogP contribution is -2.54. The molecule has 0 spiro atoms. The van der Waals surface area contributed by atoms with E-state index in [-0.39, 0.29) is 17.9 Å². The zero-order valence-electron chi connectivity index (χ0n) is 16.3. The van der Waals surface area contributed by atoms with Crippen LogP contribution in [-0.2, 0) is 19.1 Å². The van der Waals surface area contributed by atoms with Crippen LogP contribution in [0, 0.1) is 11.8 Å². The number of carboxylic acids is 1. The van der Waals surface area contributed by atoms with Crippen molar-refractivity contribution in [3.8, 4) is 0 Å². The van der Waals surface area contributed by atoms with Gasteiger partial charge in [0.05, 0.1) is 12.0 Å². The van der Waals surface area contributed by atoms with Gasteiger partial charge in [-0.25, -0.2) is 4.79 Å². The predicted molar refractivity (Wildman–Crippen MR) is 96.2 cm³/mol. The monoisotopic (exact) mass is 422 g/mol. The maximum atomic E-state index is 12.5. The molecular weight excluding hydrogens is 393 g/mol. The SMILES string of the molecule is O=C(NC1CC1)[C@H]1C[C@H]2OCC[C@H]2N(CC2CCOCC2)C1.O=C(O)C(F)(F)F. The molecule has 2 N–H and O–H groups in total. The predicted octanol–water partition coefficient (Wildman–Crippen LogP) is 1.80. The molecule has 0 aromatic carbocycles. The number of piperidine rings is 1. The number of halogens is 3. The lowest BCUT2D eigenvalue weighted by molar-refractivity contribution is -0.192. The fraction of sp³-hybridized carbons (Fsp3) is 0.895. The highest BCUT2D eigenvalue weighted by Gasteiger charge is 2.43. The Bertz CT molecular complexity index is 579. The van der Waals surface area contributed by atoms with Gasteiger partial charge in [-0.15, -0.1) is 0 Å². The Balaban J connectivity index is 0.000000298. The van der Waals surface area contributed by atoms with Crippen molar-refractivity contribution in [3.05, 3.63) is 0 Å². The number of nitrogens with zero attached hydrogens (tertiary/aromatic N) is 1. The topological polar surface area (TPSA) is 88.1 Å². The Morgan fingerprint density at radius 1 is 1.07 bits per heavy atom. The molecule has 7 nitrogen and oxygen atoms in total. The molecule has 1 saturated carbocycles. The first-order valence-electron chi connectivity index (χ1n) is 10.3. The number of likely N-dealkylation sites (tertiary alicyclic amines) is 1. The van der Waals surface area contributed by atoms with Crippen molar-refractivity contribution < 1.29 is 37.3 Å². The maximum Gasteiger partial charge on any atom is 0.490 e. The van der Waals surface area contributed by atoms with Crippen molar-refractivity contribution in [2.75, 3.05) is 32.9 Å². The summed E-state index contributed by atoms with van der Waals surface area (Å²) in [6.07, 6.45) is 1.86. The number of nitrogens with one attached hydrogen (secondary N) is 1. The van der Waals surface area contributed by atoms with Gasteiger partial charge in [-0.3, -0.25) is 9.69 Å². The summed E-state index contributed by atoms with van der Waals surface area (Å²) in [5.41, 5.74) is 0. The van der Waals surface area contributed by atoms with Crippen molar-refractivity contribution in [1.82, 2.24) is 10.2 Å². The average Bonchev–Trinajstić information content (AvgIpc) is 3.35. The van der Waals surface area contributed by atoms with Crippen LogP contribution < -0.4 is 5.32 Å². The van der Waals surface area contributed by atoms with E-state index in [1.165, 1.54) is 0 Å². The van der Waals surface area contributed by atoms with Crippen LogP contribution in [0.5, 0.6) is 0 Å². The largest absolute Gasteiger partial charge is 0.490 e. The number of aliphatic carboxylic acids is 1. The summed E-state index contributed by atoms with van der Waals surface area (Å²) in [6, 6.07) is 0.992. The number of hydrogen-bond donors (Lipinski definition) is 2. The number of alkyl halides is 3. The summed E-state index contributed by atoms with van der Waals surface area (Å²) < 4.78 is 43.1. The smallest absolute Gasteiger partial charge is 0.475 e. The van der Waals surface area contributed by atoms with E-state index in [1.807, 2.05) is 0 Å². The van der Waals surface area contributed by atoms with Gasteiger partial charge in [0.25, 0.3) is 0 Å². The number of amides is 1. The third kappa shape index (κ3) is 6.55. The van der Waals surface area contributed by atoms with Crippen LogP contribution in [0.15, 0.2) is 0 Å². The molecule has 3 aliphatic heterocycles. The normalized spacial score (nSPS) is 30.8. The minimum Gasteiger partial charge on any atom is -0.475 e. The average molecular weight is 422 g/mol. The molecule has 1 amide bonds. The first-order chi connectivity index (χ1) is 13.7. The van der Waals surface area contributed by atoms with E-state index in [4.69, 9.17) is 19.4 Å². The zero-order chi connectivity index (χ0) is 21.0. The van der Waals surface area contributed by atoms with Crippen LogP contribution in [0.25, 0.3) is 0 Å². The summed E-state index contributed by atoms with van der Waals surface area (Å²) in [6.45, 7) is 4.68. The molecule has 3 heterocycles. The molecule has 166 valence electrons. The molecule has 0 unspecified atom stereocenters. The summed E-state index contributed by atoms with van der Waals surface area (Å²) in [5, 5.41) is 10.3. The van der Waals surface area contributed by atoms with Crippen LogP contribution in [-0.4, -0.2) is 79.2 Å². The van der Waals surface area contributed by atoms with E-state index in [0.717, 1.165) is 77.4 Å². The molecule has 3 saturated heterocycles. The molecule has 4 rings (SSSR count). The Kier molecular flexibility index (Phi) is 7.39. The van der Waals surface area contributed by atoms with Gasteiger partial charge in [-0.05, 0) is 44.4 Å². The van der Waals surface area contributed by atoms with E-state index in [1.54, 1.807) is 0 Å². The minimum atomic E-state index is -5.08. The van der Waals surface area contributed by atoms with Gasteiger partial charge in [-0.1, -0.05) is 0 Å². The second-order valence-electron chi connectivity index (χ2n) is 8.29. The number of carbonyl (C=O) groups excluding carboxylic acids is 1. The Labute approximate surface area is 167 Å². The summed E-state index contributed by atoms with van der Waals surface area (Å²) >= 11 is 0. The quantitative estimate of drug-likeness (QED) is 0.719. The second-order valence-corrected chi connectivity index (χ2v) is 8.29. The summed E-state index contributed by atoms with van der Waals surface area (Å²) in [5.74, 6) is -1.67. The number of carboxylic acid groups (broad SMARTS) is 1. The number of hydrogen-bond acceptors (Lipinski definition) is 5. The van der Waals surface area contributed by atoms with E-state index >= 15 is 0 Å². The molecule has 4 fully saturated rings. The Morgan fingerprint density at radius 2 is 1.72 bits per heavy atom. The van der Waals surface area contributed by atoms with Crippen molar-refractivity contribution in [2.45, 2.75) is 62.9 Å². The molecule has 0 radical (unpaired) electrons. The van der Waals surface area contributed by atoms with Crippen LogP contribution in [0.1, 0.15) is 38.5 Å². The van der Waals surface area contributed by atoms with Crippen molar-refractivity contribution >= 4 is 11.9 Å². The van der Waals surface area contributed by atoms with E-state index in [9.17, 15) is 18.0 Å². The Hall–Kier alpha value is -1.39. The molecule has 29 heavy (non-hydrogen) atoms. The number of rotatable bonds is 4. The van der Waals surface area contributed by atoms with Crippen LogP contribution in [0.3, 0.4) is 0 Å². The third-order valence-corrected chi connectivity index (χ3v) is 5.99. The molecule has 0 bridgehead atoms. The zero-order valence-corrected chi connectivity index (χ0v) is 16.3. The van der Waals surface area contributed by atoms with Crippen LogP contribution in [0.4, 0.5) is 13.2 Å². The third-order valence-electron chi connectivity index (χ3n) is 5.99. The van der Waals surface area contributed by atoms with Gasteiger partial charge in [-0.2, -0.15) is 13.2 Å². The van der Waals surface area contributed by atoms with E-state index in [0.29, 0.717) is 12.1 Å². The van der Waals surface area contributed by atoms with Crippen molar-refractivity contribution in [1.29, 1.82) is 0 Å². The second kappa shape index (κ2) is 9.61. The lowest BCUT2D eigenvalue weighted by Gasteiger charge is -2.42. The minimum absolute atomic E-state index is 0.111. The molecule has 1 aliphatic carbocycles. The van der Waals surface area contributed by atoms with Crippen LogP contribution in [0.2, 0.25) is 0 Å². The summed E-state index contributed by atoms with van der Waals surface area (Å²) in [7, 11) is 0. The van der Waals surface area contributed by atoms with Gasteiger partial charge >= 0.3 is 12.1 Å². The first kappa shape index (κ1) is 22.3. The van der Waals surface area contributed by atoms with E-state index in [2.05, 4.69) is 10.2 Å². The molecule has 3 atom stereocenters. The van der Waals surface area contributed by atoms with Crippen molar-refractivity contribution in [3.63, 3.8) is 0 Å². The maximum absolute atomic E-state index is 12.5. The van der Waals surface area contributed by atoms with Gasteiger partial charge in [0.15, 0.2) is 0 Å². The standard InChI is InChI=1S/C17H28N2O3.C2HF3O2/c20-17(18-14-1-2-14)13-9-16-15(5-8-22-16)19(11-13)10-12-3-6-21-7-4-12;3-2(4,5)1(6)7/h12-16H,1-11H2,(H,18,20);(H,6,7)/t13-,15+,16+;/m0./s1. The molecule has 4 aliphatic rings. The van der Waals surface area contributed by atoms with Gasteiger partial charge in [0.2, 0.25) is 5.91 Å². The fourth-order valence-electron chi connectivity index (χ4n) is 4.26. The van der Waals surface area contributed by atoms with Gasteiger partial charge in [0, 0.05) is 45.0 Å². The molecule has 0 aromatic rings. The summed E-state index contributed by atoms with van der Waals surface area (Å²) in [4.78, 5) is 23.9. The molecular formula is C19H29F3N2O5. The number of ether oxygens (including phenoxy) is 2. The number of fused-ring (bicyclic) bond motifs is 1. The van der Waals surface area contributed by atoms with Gasteiger partial charge in [0.1, 0.15) is 0 Å². The van der Waals surface area contributed by atoms with Gasteiger partial charge < -0.3 is 19.9 Å². The molecule has 10 heteroatoms. The van der Waals surface area contributed by atoms with E-state index < -0.39 is 12.1 Å².